The van der Waals surface area contributed by atoms with E-state index in [1.165, 1.54) is 12.1 Å². The smallest absolute Gasteiger partial charge is 0.416 e. The summed E-state index contributed by atoms with van der Waals surface area (Å²) in [5.41, 5.74) is 2.23. The fourth-order valence-electron chi connectivity index (χ4n) is 3.44. The average molecular weight is 389 g/mol. The van der Waals surface area contributed by atoms with Gasteiger partial charge in [0, 0.05) is 12.1 Å². The molecular formula is C20H18F3N3O2. The number of alkyl halides is 3. The van der Waals surface area contributed by atoms with Gasteiger partial charge in [0.2, 0.25) is 0 Å². The van der Waals surface area contributed by atoms with Gasteiger partial charge in [0.05, 0.1) is 31.0 Å². The molecule has 28 heavy (non-hydrogen) atoms. The molecule has 0 saturated heterocycles. The third-order valence-corrected chi connectivity index (χ3v) is 4.75. The Morgan fingerprint density at radius 2 is 1.64 bits per heavy atom. The highest BCUT2D eigenvalue weighted by Gasteiger charge is 2.31. The lowest BCUT2D eigenvalue weighted by Crippen LogP contribution is -2.07. The van der Waals surface area contributed by atoms with Gasteiger partial charge in [-0.05, 0) is 42.8 Å². The summed E-state index contributed by atoms with van der Waals surface area (Å²) in [5.74, 6) is 2.00. The van der Waals surface area contributed by atoms with Crippen LogP contribution in [0.1, 0.15) is 11.1 Å². The molecule has 8 heteroatoms. The van der Waals surface area contributed by atoms with Crippen LogP contribution in [0.15, 0.2) is 42.5 Å². The monoisotopic (exact) mass is 389 g/mol. The van der Waals surface area contributed by atoms with Gasteiger partial charge in [-0.2, -0.15) is 18.3 Å². The van der Waals surface area contributed by atoms with E-state index in [0.29, 0.717) is 22.9 Å². The Kier molecular flexibility index (Phi) is 4.41. The van der Waals surface area contributed by atoms with Gasteiger partial charge in [-0.3, -0.25) is 0 Å². The van der Waals surface area contributed by atoms with E-state index in [0.717, 1.165) is 42.0 Å². The summed E-state index contributed by atoms with van der Waals surface area (Å²) >= 11 is 0. The molecule has 1 aliphatic heterocycles. The molecule has 1 N–H and O–H groups in total. The summed E-state index contributed by atoms with van der Waals surface area (Å²) in [4.78, 5) is 0. The van der Waals surface area contributed by atoms with Crippen molar-refractivity contribution >= 4 is 5.82 Å². The van der Waals surface area contributed by atoms with E-state index in [9.17, 15) is 13.2 Å². The molecule has 0 aliphatic carbocycles. The van der Waals surface area contributed by atoms with Gasteiger partial charge in [0.15, 0.2) is 0 Å². The zero-order chi connectivity index (χ0) is 19.9. The van der Waals surface area contributed by atoms with Crippen molar-refractivity contribution < 1.29 is 22.6 Å². The number of aromatic nitrogens is 2. The normalized spacial score (nSPS) is 13.2. The lowest BCUT2D eigenvalue weighted by molar-refractivity contribution is -0.137. The first kappa shape index (κ1) is 18.2. The maximum atomic E-state index is 12.9. The van der Waals surface area contributed by atoms with Crippen molar-refractivity contribution in [1.82, 2.24) is 9.78 Å². The number of ether oxygens (including phenoxy) is 2. The number of anilines is 1. The zero-order valence-electron chi connectivity index (χ0n) is 15.3. The second-order valence-electron chi connectivity index (χ2n) is 6.35. The molecule has 0 saturated carbocycles. The minimum absolute atomic E-state index is 0.541. The second-order valence-corrected chi connectivity index (χ2v) is 6.35. The first-order chi connectivity index (χ1) is 13.4. The van der Waals surface area contributed by atoms with Gasteiger partial charge in [-0.15, -0.1) is 0 Å². The maximum Gasteiger partial charge on any atom is 0.416 e. The quantitative estimate of drug-likeness (QED) is 0.712. The van der Waals surface area contributed by atoms with E-state index in [1.807, 2.05) is 18.2 Å². The van der Waals surface area contributed by atoms with Crippen molar-refractivity contribution in [1.29, 1.82) is 0 Å². The minimum Gasteiger partial charge on any atom is -0.496 e. The topological polar surface area (TPSA) is 48.3 Å². The van der Waals surface area contributed by atoms with E-state index in [2.05, 4.69) is 5.32 Å². The summed E-state index contributed by atoms with van der Waals surface area (Å²) in [6.07, 6.45) is -3.63. The summed E-state index contributed by atoms with van der Waals surface area (Å²) < 4.78 is 51.2. The Morgan fingerprint density at radius 3 is 2.21 bits per heavy atom. The molecule has 1 aromatic heterocycles. The lowest BCUT2D eigenvalue weighted by atomic mass is 10.0. The number of hydrogen-bond donors (Lipinski definition) is 1. The standard InChI is InChI=1S/C20H18F3N3O2/c1-27-15-4-3-5-16(28-2)17(15)18-14-10-11-24-19(14)26(25-18)13-8-6-12(7-9-13)20(21,22)23/h3-9,24H,10-11H2,1-2H3. The fraction of sp³-hybridized carbons (Fsp3) is 0.250. The molecule has 0 bridgehead atoms. The van der Waals surface area contributed by atoms with E-state index in [1.54, 1.807) is 18.9 Å². The number of hydrogen-bond acceptors (Lipinski definition) is 4. The third-order valence-electron chi connectivity index (χ3n) is 4.75. The summed E-state index contributed by atoms with van der Waals surface area (Å²) in [7, 11) is 3.15. The predicted octanol–water partition coefficient (Wildman–Crippen LogP) is 4.54. The molecule has 2 aromatic carbocycles. The van der Waals surface area contributed by atoms with Gasteiger partial charge in [0.25, 0.3) is 0 Å². The van der Waals surface area contributed by atoms with Crippen molar-refractivity contribution in [3.63, 3.8) is 0 Å². The molecule has 0 radical (unpaired) electrons. The van der Waals surface area contributed by atoms with Gasteiger partial charge in [-0.1, -0.05) is 6.07 Å². The Hall–Kier alpha value is -3.16. The van der Waals surface area contributed by atoms with Crippen molar-refractivity contribution in [2.75, 3.05) is 26.1 Å². The molecular weight excluding hydrogens is 371 g/mol. The van der Waals surface area contributed by atoms with Crippen LogP contribution in [-0.2, 0) is 12.6 Å². The van der Waals surface area contributed by atoms with Gasteiger partial charge >= 0.3 is 6.18 Å². The van der Waals surface area contributed by atoms with Crippen LogP contribution in [-0.4, -0.2) is 30.5 Å². The molecule has 0 amide bonds. The molecule has 1 aliphatic rings. The van der Waals surface area contributed by atoms with Crippen LogP contribution in [0.2, 0.25) is 0 Å². The van der Waals surface area contributed by atoms with E-state index in [4.69, 9.17) is 14.6 Å². The van der Waals surface area contributed by atoms with E-state index >= 15 is 0 Å². The van der Waals surface area contributed by atoms with E-state index < -0.39 is 11.7 Å². The largest absolute Gasteiger partial charge is 0.496 e. The molecule has 3 aromatic rings. The van der Waals surface area contributed by atoms with Crippen molar-refractivity contribution in [2.24, 2.45) is 0 Å². The number of methoxy groups -OCH3 is 2. The zero-order valence-corrected chi connectivity index (χ0v) is 15.3. The summed E-state index contributed by atoms with van der Waals surface area (Å²) in [5, 5.41) is 7.97. The van der Waals surface area contributed by atoms with Crippen molar-refractivity contribution in [2.45, 2.75) is 12.6 Å². The molecule has 146 valence electrons. The first-order valence-corrected chi connectivity index (χ1v) is 8.69. The van der Waals surface area contributed by atoms with Crippen LogP contribution >= 0.6 is 0 Å². The minimum atomic E-state index is -4.38. The first-order valence-electron chi connectivity index (χ1n) is 8.69. The third kappa shape index (κ3) is 2.94. The van der Waals surface area contributed by atoms with E-state index in [-0.39, 0.29) is 0 Å². The number of nitrogens with zero attached hydrogens (tertiary/aromatic N) is 2. The molecule has 0 spiro atoms. The molecule has 0 atom stereocenters. The Morgan fingerprint density at radius 1 is 1.00 bits per heavy atom. The van der Waals surface area contributed by atoms with Crippen LogP contribution < -0.4 is 14.8 Å². The van der Waals surface area contributed by atoms with Gasteiger partial charge in [-0.25, -0.2) is 4.68 Å². The number of nitrogens with one attached hydrogen (secondary N) is 1. The molecule has 0 fully saturated rings. The van der Waals surface area contributed by atoms with Crippen LogP contribution in [0, 0.1) is 0 Å². The Bertz CT molecular complexity index is 989. The fourth-order valence-corrected chi connectivity index (χ4v) is 3.44. The maximum absolute atomic E-state index is 12.9. The highest BCUT2D eigenvalue weighted by atomic mass is 19.4. The molecule has 4 rings (SSSR count). The van der Waals surface area contributed by atoms with Crippen LogP contribution in [0.4, 0.5) is 19.0 Å². The molecule has 5 nitrogen and oxygen atoms in total. The molecule has 2 heterocycles. The highest BCUT2D eigenvalue weighted by Crippen LogP contribution is 2.43. The number of fused-ring (bicyclic) bond motifs is 1. The highest BCUT2D eigenvalue weighted by molar-refractivity contribution is 5.81. The van der Waals surface area contributed by atoms with Gasteiger partial charge < -0.3 is 14.8 Å². The Labute approximate surface area is 159 Å². The summed E-state index contributed by atoms with van der Waals surface area (Å²) in [6.45, 7) is 0.721. The average Bonchev–Trinajstić information content (AvgIpc) is 3.29. The SMILES string of the molecule is COc1cccc(OC)c1-c1nn(-c2ccc(C(F)(F)F)cc2)c2c1CCN2. The van der Waals surface area contributed by atoms with Crippen LogP contribution in [0.5, 0.6) is 11.5 Å². The number of rotatable bonds is 4. The lowest BCUT2D eigenvalue weighted by Gasteiger charge is -2.12. The van der Waals surface area contributed by atoms with Crippen LogP contribution in [0.25, 0.3) is 16.9 Å². The van der Waals surface area contributed by atoms with Gasteiger partial charge in [0.1, 0.15) is 23.0 Å². The summed E-state index contributed by atoms with van der Waals surface area (Å²) in [6, 6.07) is 10.4. The number of halogens is 3. The Balaban J connectivity index is 1.86. The predicted molar refractivity (Wildman–Crippen MR) is 99.3 cm³/mol. The van der Waals surface area contributed by atoms with Crippen LogP contribution in [0.3, 0.4) is 0 Å². The van der Waals surface area contributed by atoms with Crippen molar-refractivity contribution in [3.05, 3.63) is 53.6 Å². The molecule has 0 unspecified atom stereocenters. The number of benzene rings is 2. The second kappa shape index (κ2) is 6.78. The van der Waals surface area contributed by atoms with Crippen molar-refractivity contribution in [3.8, 4) is 28.4 Å².